The summed E-state index contributed by atoms with van der Waals surface area (Å²) in [6.45, 7) is 4.00. The molecule has 0 atom stereocenters. The lowest BCUT2D eigenvalue weighted by molar-refractivity contribution is 0.930. The van der Waals surface area contributed by atoms with Crippen molar-refractivity contribution in [1.82, 2.24) is 9.55 Å². The quantitative estimate of drug-likeness (QED) is 0.753. The summed E-state index contributed by atoms with van der Waals surface area (Å²) in [6, 6.07) is 3.22. The Balaban J connectivity index is 0.000000514. The molecule has 0 saturated heterocycles. The van der Waals surface area contributed by atoms with Gasteiger partial charge in [0.15, 0.2) is 0 Å². The fourth-order valence-corrected chi connectivity index (χ4v) is 1.79. The molecule has 1 aliphatic heterocycles. The zero-order valence-electron chi connectivity index (χ0n) is 10.1. The van der Waals surface area contributed by atoms with Crippen LogP contribution in [0.25, 0.3) is 10.8 Å². The molecule has 0 saturated carbocycles. The molecule has 5 nitrogen and oxygen atoms in total. The van der Waals surface area contributed by atoms with Gasteiger partial charge in [-0.25, -0.2) is 4.99 Å². The molecule has 0 aromatic carbocycles. The van der Waals surface area contributed by atoms with Gasteiger partial charge in [0.05, 0.1) is 11.7 Å². The molecule has 0 radical (unpaired) electrons. The molecule has 0 aliphatic carbocycles. The monoisotopic (exact) mass is 230 g/mol. The minimum atomic E-state index is -0.252. The van der Waals surface area contributed by atoms with E-state index >= 15 is 0 Å². The fraction of sp³-hybridized carbons (Fsp3) is 0.250. The molecule has 0 amide bonds. The molecule has 5 heteroatoms. The normalized spacial score (nSPS) is 11.7. The number of nitrogens with one attached hydrogen (secondary N) is 1. The van der Waals surface area contributed by atoms with Gasteiger partial charge in [0, 0.05) is 24.7 Å². The molecular formula is C12H14N4O. The van der Waals surface area contributed by atoms with Crippen LogP contribution in [-0.2, 0) is 7.05 Å². The molecule has 2 aromatic rings. The van der Waals surface area contributed by atoms with Crippen molar-refractivity contribution >= 4 is 28.7 Å². The summed E-state index contributed by atoms with van der Waals surface area (Å²) >= 11 is 0. The van der Waals surface area contributed by atoms with E-state index in [1.165, 1.54) is 6.07 Å². The van der Waals surface area contributed by atoms with Crippen LogP contribution in [0.3, 0.4) is 0 Å². The standard InChI is InChI=1S/C10H8N4O.C2H6/c1-14-4-6-2-3-7(15)13-9-8(6)10(14)12-5-11-9;1-2/h2-5H,1H3,(H,11,12,13,15);1-2H3. The summed E-state index contributed by atoms with van der Waals surface area (Å²) in [6.07, 6.45) is 3.48. The van der Waals surface area contributed by atoms with E-state index in [0.717, 1.165) is 16.6 Å². The topological polar surface area (TPSA) is 59.3 Å². The maximum Gasteiger partial charge on any atom is 0.271 e. The molecule has 3 rings (SSSR count). The molecule has 0 bridgehead atoms. The molecule has 1 N–H and O–H groups in total. The van der Waals surface area contributed by atoms with E-state index in [4.69, 9.17) is 0 Å². The van der Waals surface area contributed by atoms with Crippen LogP contribution >= 0.6 is 0 Å². The molecule has 2 aromatic heterocycles. The Morgan fingerprint density at radius 3 is 2.82 bits per heavy atom. The maximum atomic E-state index is 11.3. The Kier molecular flexibility index (Phi) is 2.91. The highest BCUT2D eigenvalue weighted by Crippen LogP contribution is 2.32. The van der Waals surface area contributed by atoms with Crippen molar-refractivity contribution in [2.24, 2.45) is 12.0 Å². The Morgan fingerprint density at radius 2 is 2.06 bits per heavy atom. The Hall–Kier alpha value is -2.17. The van der Waals surface area contributed by atoms with Crippen LogP contribution in [0.1, 0.15) is 13.8 Å². The van der Waals surface area contributed by atoms with E-state index in [9.17, 15) is 4.79 Å². The van der Waals surface area contributed by atoms with Gasteiger partial charge in [0.1, 0.15) is 11.6 Å². The van der Waals surface area contributed by atoms with Crippen molar-refractivity contribution in [3.8, 4) is 0 Å². The maximum absolute atomic E-state index is 11.3. The third-order valence-corrected chi connectivity index (χ3v) is 2.43. The smallest absolute Gasteiger partial charge is 0.271 e. The van der Waals surface area contributed by atoms with Crippen LogP contribution < -0.4 is 10.9 Å². The highest BCUT2D eigenvalue weighted by molar-refractivity contribution is 6.06. The van der Waals surface area contributed by atoms with Crippen LogP contribution in [0.2, 0.25) is 0 Å². The fourth-order valence-electron chi connectivity index (χ4n) is 1.79. The second-order valence-electron chi connectivity index (χ2n) is 3.43. The molecule has 0 spiro atoms. The average molecular weight is 230 g/mol. The van der Waals surface area contributed by atoms with E-state index in [2.05, 4.69) is 15.3 Å². The first-order valence-corrected chi connectivity index (χ1v) is 5.55. The largest absolute Gasteiger partial charge is 0.335 e. The lowest BCUT2D eigenvalue weighted by Crippen LogP contribution is -2.07. The number of rotatable bonds is 0. The van der Waals surface area contributed by atoms with E-state index in [1.54, 1.807) is 12.4 Å². The molecule has 3 heterocycles. The van der Waals surface area contributed by atoms with Gasteiger partial charge in [-0.15, -0.1) is 0 Å². The van der Waals surface area contributed by atoms with Gasteiger partial charge in [-0.3, -0.25) is 4.79 Å². The summed E-state index contributed by atoms with van der Waals surface area (Å²) in [5.74, 6) is 1.40. The van der Waals surface area contributed by atoms with Crippen LogP contribution in [-0.4, -0.2) is 15.9 Å². The zero-order valence-corrected chi connectivity index (χ0v) is 10.1. The van der Waals surface area contributed by atoms with Crippen molar-refractivity contribution < 1.29 is 0 Å². The van der Waals surface area contributed by atoms with Gasteiger partial charge in [-0.1, -0.05) is 13.8 Å². The average Bonchev–Trinajstić information content (AvgIpc) is 2.58. The molecule has 0 fully saturated rings. The van der Waals surface area contributed by atoms with Crippen molar-refractivity contribution in [1.29, 1.82) is 0 Å². The number of hydrogen-bond acceptors (Lipinski definition) is 4. The summed E-state index contributed by atoms with van der Waals surface area (Å²) in [5, 5.41) is 4.74. The van der Waals surface area contributed by atoms with Crippen LogP contribution in [0.5, 0.6) is 0 Å². The third kappa shape index (κ3) is 1.80. The Morgan fingerprint density at radius 1 is 1.29 bits per heavy atom. The lowest BCUT2D eigenvalue weighted by atomic mass is 10.3. The number of aryl methyl sites for hydroxylation is 1. The van der Waals surface area contributed by atoms with Crippen molar-refractivity contribution in [3.05, 3.63) is 28.7 Å². The minimum absolute atomic E-state index is 0.252. The van der Waals surface area contributed by atoms with Crippen molar-refractivity contribution in [2.45, 2.75) is 13.8 Å². The summed E-state index contributed by atoms with van der Waals surface area (Å²) in [5.41, 5.74) is -0.252. The number of aliphatic imine (C=N–C) groups is 1. The predicted octanol–water partition coefficient (Wildman–Crippen LogP) is 2.04. The summed E-state index contributed by atoms with van der Waals surface area (Å²) in [7, 11) is 1.92. The number of nitrogens with zero attached hydrogens (tertiary/aromatic N) is 3. The van der Waals surface area contributed by atoms with Crippen LogP contribution in [0.15, 0.2) is 28.1 Å². The summed E-state index contributed by atoms with van der Waals surface area (Å²) in [4.78, 5) is 19.4. The van der Waals surface area contributed by atoms with Crippen LogP contribution in [0, 0.1) is 0 Å². The van der Waals surface area contributed by atoms with Gasteiger partial charge in [-0.2, -0.15) is 4.98 Å². The highest BCUT2D eigenvalue weighted by Gasteiger charge is 2.13. The molecule has 0 unspecified atom stereocenters. The molecule has 88 valence electrons. The number of hydrogen-bond donors (Lipinski definition) is 1. The predicted molar refractivity (Wildman–Crippen MR) is 70.1 cm³/mol. The Bertz CT molecular complexity index is 643. The second-order valence-corrected chi connectivity index (χ2v) is 3.43. The number of aromatic nitrogens is 2. The van der Waals surface area contributed by atoms with Crippen molar-refractivity contribution in [3.63, 3.8) is 0 Å². The zero-order chi connectivity index (χ0) is 12.4. The molecule has 1 aliphatic rings. The SMILES string of the molecule is CC.Cn1cc2ccc(=O)nc3c2c1N=CN3. The minimum Gasteiger partial charge on any atom is -0.335 e. The first-order chi connectivity index (χ1) is 8.25. The van der Waals surface area contributed by atoms with E-state index < -0.39 is 0 Å². The first-order valence-electron chi connectivity index (χ1n) is 5.55. The van der Waals surface area contributed by atoms with Gasteiger partial charge < -0.3 is 9.88 Å². The van der Waals surface area contributed by atoms with E-state index in [0.29, 0.717) is 5.82 Å². The Labute approximate surface area is 98.8 Å². The first kappa shape index (κ1) is 11.3. The highest BCUT2D eigenvalue weighted by atomic mass is 16.1. The van der Waals surface area contributed by atoms with Crippen LogP contribution in [0.4, 0.5) is 11.6 Å². The number of anilines is 1. The van der Waals surface area contributed by atoms with Gasteiger partial charge in [0.2, 0.25) is 0 Å². The van der Waals surface area contributed by atoms with Crippen molar-refractivity contribution in [2.75, 3.05) is 5.32 Å². The van der Waals surface area contributed by atoms with Gasteiger partial charge in [-0.05, 0) is 6.07 Å². The van der Waals surface area contributed by atoms with E-state index in [1.807, 2.05) is 31.7 Å². The second kappa shape index (κ2) is 4.37. The van der Waals surface area contributed by atoms with E-state index in [-0.39, 0.29) is 5.56 Å². The summed E-state index contributed by atoms with van der Waals surface area (Å²) < 4.78 is 1.91. The molecular weight excluding hydrogens is 216 g/mol. The lowest BCUT2D eigenvalue weighted by Gasteiger charge is -2.05. The molecule has 17 heavy (non-hydrogen) atoms. The third-order valence-electron chi connectivity index (χ3n) is 2.43. The van der Waals surface area contributed by atoms with Gasteiger partial charge >= 0.3 is 0 Å². The van der Waals surface area contributed by atoms with Gasteiger partial charge in [0.25, 0.3) is 5.56 Å².